The van der Waals surface area contributed by atoms with Gasteiger partial charge in [-0.15, -0.1) is 0 Å². The zero-order valence-electron chi connectivity index (χ0n) is 16.2. The molecule has 24 heavy (non-hydrogen) atoms. The Kier molecular flexibility index (Phi) is 12.2. The van der Waals surface area contributed by atoms with Crippen LogP contribution in [0, 0.1) is 0 Å². The standard InChI is InChI=1S/C21H40O3/c1-3-4-5-6-7-8-9-10-11-12-13-14-15-16-17-18-20(22)24-21(2)19-23-21/h3-19H2,1-2H3. The Morgan fingerprint density at radius 1 is 0.792 bits per heavy atom. The third-order valence-electron chi connectivity index (χ3n) is 4.87. The van der Waals surface area contributed by atoms with Crippen LogP contribution in [0.3, 0.4) is 0 Å². The molecule has 1 rings (SSSR count). The molecule has 0 spiro atoms. The predicted octanol–water partition coefficient (Wildman–Crippen LogP) is 6.54. The van der Waals surface area contributed by atoms with Crippen LogP contribution in [0.15, 0.2) is 0 Å². The average Bonchev–Trinajstić information content (AvgIpc) is 3.28. The van der Waals surface area contributed by atoms with E-state index in [1.807, 2.05) is 6.92 Å². The molecule has 0 aromatic carbocycles. The molecule has 1 aliphatic heterocycles. The first-order valence-corrected chi connectivity index (χ1v) is 10.5. The summed E-state index contributed by atoms with van der Waals surface area (Å²) in [6.07, 6.45) is 20.7. The van der Waals surface area contributed by atoms with Crippen molar-refractivity contribution in [2.24, 2.45) is 0 Å². The molecule has 1 aliphatic rings. The zero-order valence-corrected chi connectivity index (χ0v) is 16.2. The van der Waals surface area contributed by atoms with Crippen LogP contribution >= 0.6 is 0 Å². The lowest BCUT2D eigenvalue weighted by Crippen LogP contribution is -2.16. The molecule has 3 nitrogen and oxygen atoms in total. The van der Waals surface area contributed by atoms with Gasteiger partial charge in [0.2, 0.25) is 5.79 Å². The van der Waals surface area contributed by atoms with E-state index in [0.29, 0.717) is 13.0 Å². The summed E-state index contributed by atoms with van der Waals surface area (Å²) in [6.45, 7) is 4.65. The van der Waals surface area contributed by atoms with Crippen molar-refractivity contribution in [2.75, 3.05) is 6.61 Å². The Morgan fingerprint density at radius 2 is 1.17 bits per heavy atom. The van der Waals surface area contributed by atoms with Crippen molar-refractivity contribution in [3.63, 3.8) is 0 Å². The van der Waals surface area contributed by atoms with E-state index in [4.69, 9.17) is 9.47 Å². The minimum atomic E-state index is -0.591. The largest absolute Gasteiger partial charge is 0.431 e. The van der Waals surface area contributed by atoms with Gasteiger partial charge in [-0.05, 0) is 6.42 Å². The van der Waals surface area contributed by atoms with E-state index >= 15 is 0 Å². The van der Waals surface area contributed by atoms with Gasteiger partial charge in [0.25, 0.3) is 0 Å². The van der Waals surface area contributed by atoms with E-state index in [1.165, 1.54) is 83.5 Å². The van der Waals surface area contributed by atoms with E-state index in [0.717, 1.165) is 12.8 Å². The highest BCUT2D eigenvalue weighted by Crippen LogP contribution is 2.27. The summed E-state index contributed by atoms with van der Waals surface area (Å²) in [5.41, 5.74) is 0. The van der Waals surface area contributed by atoms with Crippen LogP contribution in [-0.4, -0.2) is 18.4 Å². The van der Waals surface area contributed by atoms with Gasteiger partial charge in [0.15, 0.2) is 0 Å². The summed E-state index contributed by atoms with van der Waals surface area (Å²) in [6, 6.07) is 0. The maximum absolute atomic E-state index is 11.5. The first-order chi connectivity index (χ1) is 11.7. The quantitative estimate of drug-likeness (QED) is 0.171. The molecule has 1 saturated heterocycles. The molecular weight excluding hydrogens is 300 g/mol. The van der Waals surface area contributed by atoms with E-state index < -0.39 is 5.79 Å². The molecule has 1 heterocycles. The fourth-order valence-electron chi connectivity index (χ4n) is 3.09. The Bertz CT molecular complexity index is 310. The van der Waals surface area contributed by atoms with Gasteiger partial charge in [-0.2, -0.15) is 0 Å². The maximum atomic E-state index is 11.5. The van der Waals surface area contributed by atoms with Crippen LogP contribution in [-0.2, 0) is 14.3 Å². The van der Waals surface area contributed by atoms with Crippen LogP contribution in [0.1, 0.15) is 117 Å². The van der Waals surface area contributed by atoms with E-state index in [9.17, 15) is 4.79 Å². The van der Waals surface area contributed by atoms with Crippen molar-refractivity contribution in [1.82, 2.24) is 0 Å². The summed E-state index contributed by atoms with van der Waals surface area (Å²) >= 11 is 0. The molecule has 142 valence electrons. The Hall–Kier alpha value is -0.570. The molecule has 1 fully saturated rings. The molecule has 0 radical (unpaired) electrons. The Labute approximate surface area is 149 Å². The van der Waals surface area contributed by atoms with Crippen molar-refractivity contribution >= 4 is 5.97 Å². The molecule has 0 aromatic rings. The van der Waals surface area contributed by atoms with Crippen molar-refractivity contribution in [3.8, 4) is 0 Å². The fraction of sp³-hybridized carbons (Fsp3) is 0.952. The third kappa shape index (κ3) is 12.8. The van der Waals surface area contributed by atoms with Crippen molar-refractivity contribution in [1.29, 1.82) is 0 Å². The number of rotatable bonds is 17. The summed E-state index contributed by atoms with van der Waals surface area (Å²) in [5, 5.41) is 0. The highest BCUT2D eigenvalue weighted by molar-refractivity contribution is 5.69. The molecule has 1 unspecified atom stereocenters. The smallest absolute Gasteiger partial charge is 0.308 e. The lowest BCUT2D eigenvalue weighted by molar-refractivity contribution is -0.157. The monoisotopic (exact) mass is 340 g/mol. The van der Waals surface area contributed by atoms with Crippen LogP contribution in [0.5, 0.6) is 0 Å². The number of hydrogen-bond donors (Lipinski definition) is 0. The minimum absolute atomic E-state index is 0.107. The molecule has 0 bridgehead atoms. The first kappa shape index (κ1) is 21.5. The molecule has 0 N–H and O–H groups in total. The number of esters is 1. The Morgan fingerprint density at radius 3 is 1.54 bits per heavy atom. The normalized spacial score (nSPS) is 19.4. The van der Waals surface area contributed by atoms with Crippen LogP contribution in [0.25, 0.3) is 0 Å². The van der Waals surface area contributed by atoms with Gasteiger partial charge in [0.1, 0.15) is 6.61 Å². The van der Waals surface area contributed by atoms with Gasteiger partial charge in [0, 0.05) is 13.3 Å². The molecular formula is C21H40O3. The van der Waals surface area contributed by atoms with Gasteiger partial charge < -0.3 is 9.47 Å². The minimum Gasteiger partial charge on any atom is -0.431 e. The lowest BCUT2D eigenvalue weighted by Gasteiger charge is -2.07. The molecule has 0 aromatic heterocycles. The zero-order chi connectivity index (χ0) is 17.5. The van der Waals surface area contributed by atoms with Gasteiger partial charge >= 0.3 is 5.97 Å². The second kappa shape index (κ2) is 13.7. The maximum Gasteiger partial charge on any atom is 0.308 e. The molecule has 0 aliphatic carbocycles. The van der Waals surface area contributed by atoms with Gasteiger partial charge in [-0.1, -0.05) is 96.8 Å². The number of epoxide rings is 1. The van der Waals surface area contributed by atoms with Crippen molar-refractivity contribution < 1.29 is 14.3 Å². The number of hydrogen-bond acceptors (Lipinski definition) is 3. The fourth-order valence-corrected chi connectivity index (χ4v) is 3.09. The molecule has 0 saturated carbocycles. The highest BCUT2D eigenvalue weighted by Gasteiger charge is 2.43. The summed E-state index contributed by atoms with van der Waals surface area (Å²) in [7, 11) is 0. The van der Waals surface area contributed by atoms with E-state index in [1.54, 1.807) is 0 Å². The van der Waals surface area contributed by atoms with Gasteiger partial charge in [-0.3, -0.25) is 4.79 Å². The lowest BCUT2D eigenvalue weighted by atomic mass is 10.0. The van der Waals surface area contributed by atoms with Crippen LogP contribution < -0.4 is 0 Å². The highest BCUT2D eigenvalue weighted by atomic mass is 16.8. The van der Waals surface area contributed by atoms with Crippen LogP contribution in [0.2, 0.25) is 0 Å². The van der Waals surface area contributed by atoms with Crippen LogP contribution in [0.4, 0.5) is 0 Å². The second-order valence-corrected chi connectivity index (χ2v) is 7.60. The number of ether oxygens (including phenoxy) is 2. The van der Waals surface area contributed by atoms with Crippen molar-refractivity contribution in [2.45, 2.75) is 122 Å². The molecule has 1 atom stereocenters. The molecule has 3 heteroatoms. The average molecular weight is 341 g/mol. The Balaban J connectivity index is 1.69. The van der Waals surface area contributed by atoms with Gasteiger partial charge in [-0.25, -0.2) is 0 Å². The summed E-state index contributed by atoms with van der Waals surface area (Å²) < 4.78 is 10.3. The first-order valence-electron chi connectivity index (χ1n) is 10.5. The summed E-state index contributed by atoms with van der Waals surface area (Å²) in [4.78, 5) is 11.5. The van der Waals surface area contributed by atoms with Gasteiger partial charge in [0.05, 0.1) is 0 Å². The summed E-state index contributed by atoms with van der Waals surface area (Å²) in [5.74, 6) is -0.697. The second-order valence-electron chi connectivity index (χ2n) is 7.60. The van der Waals surface area contributed by atoms with Crippen molar-refractivity contribution in [3.05, 3.63) is 0 Å². The predicted molar refractivity (Wildman–Crippen MR) is 100.0 cm³/mol. The topological polar surface area (TPSA) is 38.8 Å². The third-order valence-corrected chi connectivity index (χ3v) is 4.87. The molecule has 0 amide bonds. The SMILES string of the molecule is CCCCCCCCCCCCCCCCCC(=O)OC1(C)CO1. The number of carbonyl (C=O) groups excluding carboxylic acids is 1. The number of unbranched alkanes of at least 4 members (excludes halogenated alkanes) is 14. The van der Waals surface area contributed by atoms with E-state index in [-0.39, 0.29) is 5.97 Å². The number of carbonyl (C=O) groups is 1. The van der Waals surface area contributed by atoms with E-state index in [2.05, 4.69) is 6.92 Å².